The highest BCUT2D eigenvalue weighted by Gasteiger charge is 2.30. The van der Waals surface area contributed by atoms with Crippen molar-refractivity contribution in [2.24, 2.45) is 0 Å². The lowest BCUT2D eigenvalue weighted by atomic mass is 10.0. The molecule has 0 saturated carbocycles. The highest BCUT2D eigenvalue weighted by atomic mass is 19.1. The summed E-state index contributed by atoms with van der Waals surface area (Å²) in [5.41, 5.74) is 7.10. The smallest absolute Gasteiger partial charge is 0.170 e. The van der Waals surface area contributed by atoms with E-state index in [1.54, 1.807) is 19.2 Å². The van der Waals surface area contributed by atoms with E-state index in [-0.39, 0.29) is 17.6 Å². The van der Waals surface area contributed by atoms with Crippen LogP contribution in [0.1, 0.15) is 36.9 Å². The third kappa shape index (κ3) is 3.32. The van der Waals surface area contributed by atoms with Crippen molar-refractivity contribution in [1.29, 1.82) is 0 Å². The van der Waals surface area contributed by atoms with E-state index >= 15 is 0 Å². The topological polar surface area (TPSA) is 88.9 Å². The van der Waals surface area contributed by atoms with Crippen molar-refractivity contribution < 1.29 is 18.6 Å². The van der Waals surface area contributed by atoms with Gasteiger partial charge in [0.2, 0.25) is 0 Å². The predicted molar refractivity (Wildman–Crippen MR) is 105 cm³/mol. The number of hydrogen-bond acceptors (Lipinski definition) is 6. The molecule has 0 aliphatic carbocycles. The van der Waals surface area contributed by atoms with Crippen LogP contribution in [0.2, 0.25) is 0 Å². The zero-order chi connectivity index (χ0) is 20.5. The van der Waals surface area contributed by atoms with Crippen molar-refractivity contribution in [3.8, 4) is 0 Å². The molecule has 1 aliphatic heterocycles. The Morgan fingerprint density at radius 3 is 2.97 bits per heavy atom. The van der Waals surface area contributed by atoms with E-state index in [9.17, 15) is 13.9 Å². The van der Waals surface area contributed by atoms with Gasteiger partial charge >= 0.3 is 0 Å². The first kappa shape index (κ1) is 19.0. The van der Waals surface area contributed by atoms with E-state index in [2.05, 4.69) is 10.1 Å². The zero-order valence-corrected chi connectivity index (χ0v) is 15.8. The van der Waals surface area contributed by atoms with E-state index in [0.29, 0.717) is 42.2 Å². The lowest BCUT2D eigenvalue weighted by Crippen LogP contribution is -2.24. The molecule has 4 rings (SSSR count). The monoisotopic (exact) mass is 401 g/mol. The van der Waals surface area contributed by atoms with Crippen molar-refractivity contribution in [2.45, 2.75) is 25.8 Å². The standard InChI is InChI=1S/C20H21F2N5O2/c1-2-29-16(11-28)18-19(23)25-27-9-7-17(24-20(18)27)26-8-3-4-15(26)13-10-12(21)5-6-14(13)22/h5-7,9-11,15,28H,2-4,8H2,1H3,(H2,23,25)/b16-11+. The van der Waals surface area contributed by atoms with Crippen LogP contribution >= 0.6 is 0 Å². The number of aliphatic hydroxyl groups excluding tert-OH is 1. The number of anilines is 2. The molecule has 0 bridgehead atoms. The second-order valence-corrected chi connectivity index (χ2v) is 6.76. The molecule has 29 heavy (non-hydrogen) atoms. The molecule has 1 atom stereocenters. The summed E-state index contributed by atoms with van der Waals surface area (Å²) < 4.78 is 35.0. The number of benzene rings is 1. The Balaban J connectivity index is 1.78. The van der Waals surface area contributed by atoms with Crippen LogP contribution < -0.4 is 10.6 Å². The molecule has 0 radical (unpaired) electrons. The minimum atomic E-state index is -0.475. The molecular formula is C20H21F2N5O2. The Labute approximate surface area is 166 Å². The summed E-state index contributed by atoms with van der Waals surface area (Å²) in [5.74, 6) is -0.00703. The van der Waals surface area contributed by atoms with Gasteiger partial charge in [-0.15, -0.1) is 5.10 Å². The van der Waals surface area contributed by atoms with E-state index in [1.807, 2.05) is 4.90 Å². The van der Waals surface area contributed by atoms with E-state index in [0.717, 1.165) is 24.8 Å². The van der Waals surface area contributed by atoms with Gasteiger partial charge in [-0.3, -0.25) is 0 Å². The minimum Gasteiger partial charge on any atom is -0.512 e. The molecule has 1 unspecified atom stereocenters. The number of halogens is 2. The molecule has 1 aromatic carbocycles. The average Bonchev–Trinajstić information content (AvgIpc) is 3.31. The summed E-state index contributed by atoms with van der Waals surface area (Å²) >= 11 is 0. The van der Waals surface area contributed by atoms with Crippen molar-refractivity contribution in [2.75, 3.05) is 23.8 Å². The van der Waals surface area contributed by atoms with E-state index in [4.69, 9.17) is 10.5 Å². The maximum atomic E-state index is 14.4. The number of aliphatic hydroxyl groups is 1. The third-order valence-corrected chi connectivity index (χ3v) is 5.03. The lowest BCUT2D eigenvalue weighted by Gasteiger charge is -2.26. The van der Waals surface area contributed by atoms with Crippen molar-refractivity contribution in [1.82, 2.24) is 14.6 Å². The Bertz CT molecular complexity index is 1080. The zero-order valence-electron chi connectivity index (χ0n) is 15.8. The van der Waals surface area contributed by atoms with Crippen LogP contribution in [0, 0.1) is 11.6 Å². The summed E-state index contributed by atoms with van der Waals surface area (Å²) in [6, 6.07) is 4.92. The average molecular weight is 401 g/mol. The minimum absolute atomic E-state index is 0.164. The fourth-order valence-corrected chi connectivity index (χ4v) is 3.80. The number of fused-ring (bicyclic) bond motifs is 1. The van der Waals surface area contributed by atoms with Gasteiger partial charge < -0.3 is 20.5 Å². The molecule has 1 aliphatic rings. The molecule has 3 aromatic rings. The second kappa shape index (κ2) is 7.57. The molecule has 0 spiro atoms. The van der Waals surface area contributed by atoms with Crippen LogP contribution in [-0.4, -0.2) is 32.9 Å². The fourth-order valence-electron chi connectivity index (χ4n) is 3.80. The molecule has 1 saturated heterocycles. The van der Waals surface area contributed by atoms with Crippen LogP contribution in [0.5, 0.6) is 0 Å². The number of nitrogens with zero attached hydrogens (tertiary/aromatic N) is 4. The molecule has 0 amide bonds. The Hall–Kier alpha value is -3.36. The van der Waals surface area contributed by atoms with Crippen LogP contribution in [0.3, 0.4) is 0 Å². The predicted octanol–water partition coefficient (Wildman–Crippen LogP) is 3.82. The number of nitrogen functional groups attached to an aromatic ring is 1. The molecule has 1 fully saturated rings. The SMILES string of the molecule is CCO/C(=C/O)c1c(N)nn2ccc(N3CCCC3c3cc(F)ccc3F)nc12. The molecule has 3 heterocycles. The highest BCUT2D eigenvalue weighted by Crippen LogP contribution is 2.37. The quantitative estimate of drug-likeness (QED) is 0.632. The van der Waals surface area contributed by atoms with Crippen LogP contribution in [-0.2, 0) is 4.74 Å². The van der Waals surface area contributed by atoms with Gasteiger partial charge in [-0.25, -0.2) is 18.3 Å². The van der Waals surface area contributed by atoms with Gasteiger partial charge in [0.25, 0.3) is 0 Å². The second-order valence-electron chi connectivity index (χ2n) is 6.76. The molecule has 3 N–H and O–H groups in total. The maximum absolute atomic E-state index is 14.4. The van der Waals surface area contributed by atoms with Gasteiger partial charge in [0, 0.05) is 18.3 Å². The summed E-state index contributed by atoms with van der Waals surface area (Å²) in [6.07, 6.45) is 4.02. The van der Waals surface area contributed by atoms with E-state index < -0.39 is 11.6 Å². The number of nitrogens with two attached hydrogens (primary N) is 1. The highest BCUT2D eigenvalue weighted by molar-refractivity contribution is 5.80. The summed E-state index contributed by atoms with van der Waals surface area (Å²) in [5, 5.41) is 13.8. The molecule has 2 aromatic heterocycles. The fraction of sp³-hybridized carbons (Fsp3) is 0.300. The summed E-state index contributed by atoms with van der Waals surface area (Å²) in [6.45, 7) is 2.76. The Morgan fingerprint density at radius 2 is 2.21 bits per heavy atom. The molecule has 9 heteroatoms. The maximum Gasteiger partial charge on any atom is 0.170 e. The van der Waals surface area contributed by atoms with Gasteiger partial charge in [0.15, 0.2) is 17.2 Å². The van der Waals surface area contributed by atoms with Crippen LogP contribution in [0.4, 0.5) is 20.4 Å². The normalized spacial score (nSPS) is 17.3. The first-order chi connectivity index (χ1) is 14.0. The van der Waals surface area contributed by atoms with Gasteiger partial charge in [0.1, 0.15) is 29.3 Å². The number of aromatic nitrogens is 3. The first-order valence-electron chi connectivity index (χ1n) is 9.37. The third-order valence-electron chi connectivity index (χ3n) is 5.03. The summed E-state index contributed by atoms with van der Waals surface area (Å²) in [7, 11) is 0. The van der Waals surface area contributed by atoms with Crippen molar-refractivity contribution in [3.05, 3.63) is 59.5 Å². The largest absolute Gasteiger partial charge is 0.512 e. The Morgan fingerprint density at radius 1 is 1.38 bits per heavy atom. The van der Waals surface area contributed by atoms with Crippen LogP contribution in [0.15, 0.2) is 36.7 Å². The van der Waals surface area contributed by atoms with Gasteiger partial charge in [-0.05, 0) is 44.0 Å². The molecule has 7 nitrogen and oxygen atoms in total. The van der Waals surface area contributed by atoms with Crippen molar-refractivity contribution >= 4 is 23.0 Å². The Kier molecular flexibility index (Phi) is 4.96. The van der Waals surface area contributed by atoms with E-state index in [1.165, 1.54) is 10.6 Å². The number of hydrogen-bond donors (Lipinski definition) is 2. The van der Waals surface area contributed by atoms with Crippen LogP contribution in [0.25, 0.3) is 11.4 Å². The van der Waals surface area contributed by atoms with Gasteiger partial charge in [-0.1, -0.05) is 0 Å². The lowest BCUT2D eigenvalue weighted by molar-refractivity contribution is 0.286. The van der Waals surface area contributed by atoms with Gasteiger partial charge in [0.05, 0.1) is 12.6 Å². The molecular weight excluding hydrogens is 380 g/mol. The van der Waals surface area contributed by atoms with Crippen molar-refractivity contribution in [3.63, 3.8) is 0 Å². The first-order valence-corrected chi connectivity index (χ1v) is 9.37. The number of rotatable bonds is 5. The number of ether oxygens (including phenoxy) is 1. The summed E-state index contributed by atoms with van der Waals surface area (Å²) in [4.78, 5) is 6.59. The van der Waals surface area contributed by atoms with Gasteiger partial charge in [-0.2, -0.15) is 0 Å². The molecule has 152 valence electrons.